The highest BCUT2D eigenvalue weighted by Gasteiger charge is 2.36. The van der Waals surface area contributed by atoms with Crippen molar-refractivity contribution in [3.05, 3.63) is 39.9 Å². The van der Waals surface area contributed by atoms with Gasteiger partial charge in [-0.2, -0.15) is 5.26 Å². The molecule has 2 atom stereocenters. The Kier molecular flexibility index (Phi) is 6.08. The average Bonchev–Trinajstić information content (AvgIpc) is 2.45. The van der Waals surface area contributed by atoms with E-state index in [0.717, 1.165) is 0 Å². The molecular weight excluding hydrogens is 300 g/mol. The molecular formula is C16H20N2O5. The molecule has 1 aromatic rings. The van der Waals surface area contributed by atoms with Crippen LogP contribution in [0.5, 0.6) is 5.75 Å². The van der Waals surface area contributed by atoms with Crippen molar-refractivity contribution in [1.29, 1.82) is 5.26 Å². The number of rotatable bonds is 6. The number of hydrogen-bond acceptors (Lipinski definition) is 6. The van der Waals surface area contributed by atoms with Gasteiger partial charge in [-0.15, -0.1) is 0 Å². The van der Waals surface area contributed by atoms with Crippen LogP contribution in [0.2, 0.25) is 0 Å². The summed E-state index contributed by atoms with van der Waals surface area (Å²) in [4.78, 5) is 22.6. The SMILES string of the molecule is COc1ccc(C(C[N+](=O)[O-])C(C#N)C(=O)OC(C)(C)C)cc1. The molecule has 0 N–H and O–H groups in total. The number of hydrogen-bond donors (Lipinski definition) is 0. The van der Waals surface area contributed by atoms with Crippen LogP contribution < -0.4 is 4.74 Å². The fourth-order valence-corrected chi connectivity index (χ4v) is 2.09. The van der Waals surface area contributed by atoms with Crippen molar-refractivity contribution < 1.29 is 19.2 Å². The predicted octanol–water partition coefficient (Wildman–Crippen LogP) is 2.54. The molecule has 7 heteroatoms. The molecule has 0 amide bonds. The fraction of sp³-hybridized carbons (Fsp3) is 0.500. The number of nitro groups is 1. The van der Waals surface area contributed by atoms with Gasteiger partial charge in [-0.25, -0.2) is 0 Å². The van der Waals surface area contributed by atoms with Crippen molar-refractivity contribution in [1.82, 2.24) is 0 Å². The second kappa shape index (κ2) is 7.58. The highest BCUT2D eigenvalue weighted by Crippen LogP contribution is 2.28. The number of carbonyl (C=O) groups is 1. The Bertz CT molecular complexity index is 598. The molecule has 2 unspecified atom stereocenters. The number of ether oxygens (including phenoxy) is 2. The van der Waals surface area contributed by atoms with Crippen LogP contribution in [0.3, 0.4) is 0 Å². The third kappa shape index (κ3) is 5.58. The second-order valence-corrected chi connectivity index (χ2v) is 6.04. The Labute approximate surface area is 135 Å². The summed E-state index contributed by atoms with van der Waals surface area (Å²) >= 11 is 0. The van der Waals surface area contributed by atoms with Crippen LogP contribution in [0.15, 0.2) is 24.3 Å². The van der Waals surface area contributed by atoms with Crippen LogP contribution >= 0.6 is 0 Å². The minimum Gasteiger partial charge on any atom is -0.497 e. The number of nitrogens with zero attached hydrogens (tertiary/aromatic N) is 2. The summed E-state index contributed by atoms with van der Waals surface area (Å²) in [6, 6.07) is 8.33. The standard InChI is InChI=1S/C16H20N2O5/c1-16(2,3)23-15(19)13(9-17)14(10-18(20)21)11-5-7-12(22-4)8-6-11/h5-8,13-14H,10H2,1-4H3. The Morgan fingerprint density at radius 3 is 2.30 bits per heavy atom. The van der Waals surface area contributed by atoms with Gasteiger partial charge in [0.1, 0.15) is 11.4 Å². The molecule has 0 aromatic heterocycles. The van der Waals surface area contributed by atoms with Gasteiger partial charge in [-0.3, -0.25) is 14.9 Å². The van der Waals surface area contributed by atoms with Crippen LogP contribution in [-0.4, -0.2) is 30.1 Å². The Hall–Kier alpha value is -2.62. The van der Waals surface area contributed by atoms with Crippen LogP contribution in [0, 0.1) is 27.4 Å². The lowest BCUT2D eigenvalue weighted by Gasteiger charge is -2.24. The minimum atomic E-state index is -1.26. The molecule has 0 fully saturated rings. The molecule has 0 radical (unpaired) electrons. The first-order chi connectivity index (χ1) is 10.7. The van der Waals surface area contributed by atoms with Crippen LogP contribution in [0.1, 0.15) is 32.3 Å². The highest BCUT2D eigenvalue weighted by atomic mass is 16.6. The molecule has 0 aliphatic carbocycles. The molecule has 0 spiro atoms. The normalized spacial score (nSPS) is 13.5. The average molecular weight is 320 g/mol. The van der Waals surface area contributed by atoms with Gasteiger partial charge < -0.3 is 9.47 Å². The van der Waals surface area contributed by atoms with Crippen LogP contribution in [0.4, 0.5) is 0 Å². The Morgan fingerprint density at radius 1 is 1.35 bits per heavy atom. The van der Waals surface area contributed by atoms with E-state index in [-0.39, 0.29) is 0 Å². The first kappa shape index (κ1) is 18.4. The smallest absolute Gasteiger partial charge is 0.324 e. The van der Waals surface area contributed by atoms with E-state index in [1.807, 2.05) is 6.07 Å². The fourth-order valence-electron chi connectivity index (χ4n) is 2.09. The zero-order valence-corrected chi connectivity index (χ0v) is 13.6. The molecule has 0 aliphatic heterocycles. The monoisotopic (exact) mass is 320 g/mol. The molecule has 0 heterocycles. The van der Waals surface area contributed by atoms with Gasteiger partial charge in [0.25, 0.3) is 0 Å². The third-order valence-corrected chi connectivity index (χ3v) is 3.09. The molecule has 1 aromatic carbocycles. The summed E-state index contributed by atoms with van der Waals surface area (Å²) in [5.41, 5.74) is -0.259. The predicted molar refractivity (Wildman–Crippen MR) is 82.5 cm³/mol. The van der Waals surface area contributed by atoms with Crippen molar-refractivity contribution in [3.63, 3.8) is 0 Å². The lowest BCUT2D eigenvalue weighted by molar-refractivity contribution is -0.484. The summed E-state index contributed by atoms with van der Waals surface area (Å²) < 4.78 is 10.3. The maximum Gasteiger partial charge on any atom is 0.324 e. The second-order valence-electron chi connectivity index (χ2n) is 6.04. The van der Waals surface area contributed by atoms with Gasteiger partial charge in [-0.05, 0) is 38.5 Å². The van der Waals surface area contributed by atoms with Crippen molar-refractivity contribution in [3.8, 4) is 11.8 Å². The lowest BCUT2D eigenvalue weighted by Crippen LogP contribution is -2.33. The summed E-state index contributed by atoms with van der Waals surface area (Å²) in [5.74, 6) is -2.33. The van der Waals surface area contributed by atoms with Gasteiger partial charge in [0.15, 0.2) is 5.92 Å². The Balaban J connectivity index is 3.13. The van der Waals surface area contributed by atoms with Gasteiger partial charge >= 0.3 is 5.97 Å². The van der Waals surface area contributed by atoms with E-state index in [1.54, 1.807) is 45.0 Å². The third-order valence-electron chi connectivity index (χ3n) is 3.09. The van der Waals surface area contributed by atoms with E-state index < -0.39 is 34.9 Å². The van der Waals surface area contributed by atoms with E-state index in [2.05, 4.69) is 0 Å². The maximum absolute atomic E-state index is 12.2. The van der Waals surface area contributed by atoms with E-state index in [4.69, 9.17) is 9.47 Å². The first-order valence-electron chi connectivity index (χ1n) is 7.06. The van der Waals surface area contributed by atoms with Crippen LogP contribution in [-0.2, 0) is 9.53 Å². The van der Waals surface area contributed by atoms with E-state index in [1.165, 1.54) is 7.11 Å². The molecule has 0 bridgehead atoms. The van der Waals surface area contributed by atoms with E-state index >= 15 is 0 Å². The summed E-state index contributed by atoms with van der Waals surface area (Å²) in [5, 5.41) is 20.3. The molecule has 7 nitrogen and oxygen atoms in total. The van der Waals surface area contributed by atoms with Crippen LogP contribution in [0.25, 0.3) is 0 Å². The molecule has 1 rings (SSSR count). The number of esters is 1. The number of carbonyl (C=O) groups excluding carboxylic acids is 1. The van der Waals surface area contributed by atoms with Crippen molar-refractivity contribution in [2.45, 2.75) is 32.3 Å². The largest absolute Gasteiger partial charge is 0.497 e. The summed E-state index contributed by atoms with van der Waals surface area (Å²) in [6.07, 6.45) is 0. The van der Waals surface area contributed by atoms with Crippen molar-refractivity contribution in [2.75, 3.05) is 13.7 Å². The number of nitriles is 1. The number of methoxy groups -OCH3 is 1. The van der Waals surface area contributed by atoms with Gasteiger partial charge in [0.05, 0.1) is 19.1 Å². The molecule has 124 valence electrons. The summed E-state index contributed by atoms with van der Waals surface area (Å²) in [7, 11) is 1.50. The molecule has 0 saturated carbocycles. The maximum atomic E-state index is 12.2. The molecule has 23 heavy (non-hydrogen) atoms. The summed E-state index contributed by atoms with van der Waals surface area (Å²) in [6.45, 7) is 4.49. The Morgan fingerprint density at radius 2 is 1.91 bits per heavy atom. The van der Waals surface area contributed by atoms with Crippen molar-refractivity contribution >= 4 is 5.97 Å². The highest BCUT2D eigenvalue weighted by molar-refractivity contribution is 5.77. The topological polar surface area (TPSA) is 102 Å². The van der Waals surface area contributed by atoms with Gasteiger partial charge in [0.2, 0.25) is 6.54 Å². The first-order valence-corrected chi connectivity index (χ1v) is 7.06. The van der Waals surface area contributed by atoms with Gasteiger partial charge in [-0.1, -0.05) is 12.1 Å². The van der Waals surface area contributed by atoms with E-state index in [9.17, 15) is 20.2 Å². The molecule has 0 aliphatic rings. The van der Waals surface area contributed by atoms with Gasteiger partial charge in [0, 0.05) is 4.92 Å². The number of benzene rings is 1. The molecule has 0 saturated heterocycles. The zero-order valence-electron chi connectivity index (χ0n) is 13.6. The lowest BCUT2D eigenvalue weighted by atomic mass is 9.86. The quantitative estimate of drug-likeness (QED) is 0.453. The minimum absolute atomic E-state index is 0.514. The van der Waals surface area contributed by atoms with Crippen molar-refractivity contribution in [2.24, 2.45) is 5.92 Å². The zero-order chi connectivity index (χ0) is 17.6. The van der Waals surface area contributed by atoms with E-state index in [0.29, 0.717) is 11.3 Å².